The summed E-state index contributed by atoms with van der Waals surface area (Å²) >= 11 is 1.87. The van der Waals surface area contributed by atoms with Crippen LogP contribution >= 0.6 is 11.3 Å². The molecule has 57 heavy (non-hydrogen) atoms. The Bertz CT molecular complexity index is 3340. The number of thiophene rings is 1. The molecule has 3 heterocycles. The lowest BCUT2D eigenvalue weighted by molar-refractivity contribution is 0.889. The van der Waals surface area contributed by atoms with E-state index in [2.05, 4.69) is 203 Å². The van der Waals surface area contributed by atoms with Gasteiger partial charge in [-0.05, 0) is 119 Å². The first-order valence-electron chi connectivity index (χ1n) is 19.8. The van der Waals surface area contributed by atoms with Crippen LogP contribution in [0.2, 0.25) is 0 Å². The van der Waals surface area contributed by atoms with Gasteiger partial charge in [-0.1, -0.05) is 121 Å². The van der Waals surface area contributed by atoms with Crippen LogP contribution in [0.15, 0.2) is 188 Å². The standard InChI is InChI=1S/C54H36N2S/c1-3-13-35(14-4-1)39-29-40(36-15-5-2-6-16-36)31-42(30-39)56-50-21-11-8-18-44(50)47-33-38(24-27-52(47)56)37-23-26-51-46(32-37)43-17-7-10-20-49(43)55(51)41-25-28-54-48(34-41)45-19-9-12-22-53(45)57-54/h1-10,12-20,22-34H,11,21H2. The third-order valence-corrected chi connectivity index (χ3v) is 13.1. The Balaban J connectivity index is 1.02. The van der Waals surface area contributed by atoms with Crippen LogP contribution in [0.5, 0.6) is 0 Å². The van der Waals surface area contributed by atoms with E-state index in [4.69, 9.17) is 0 Å². The molecule has 0 bridgehead atoms. The second-order valence-corrected chi connectivity index (χ2v) is 16.3. The van der Waals surface area contributed by atoms with E-state index < -0.39 is 0 Å². The number of hydrogen-bond donors (Lipinski definition) is 0. The summed E-state index contributed by atoms with van der Waals surface area (Å²) in [5.74, 6) is 0. The summed E-state index contributed by atoms with van der Waals surface area (Å²) in [6, 6.07) is 67.3. The van der Waals surface area contributed by atoms with Crippen molar-refractivity contribution in [3.8, 4) is 44.8 Å². The largest absolute Gasteiger partial charge is 0.313 e. The summed E-state index contributed by atoms with van der Waals surface area (Å²) in [4.78, 5) is 0. The summed E-state index contributed by atoms with van der Waals surface area (Å²) in [5.41, 5.74) is 16.1. The van der Waals surface area contributed by atoms with Gasteiger partial charge in [0.25, 0.3) is 0 Å². The van der Waals surface area contributed by atoms with Crippen LogP contribution < -0.4 is 0 Å². The van der Waals surface area contributed by atoms with Crippen molar-refractivity contribution in [1.82, 2.24) is 9.13 Å². The molecular weight excluding hydrogens is 709 g/mol. The number of benzene rings is 8. The molecule has 1 aliphatic carbocycles. The molecule has 0 atom stereocenters. The van der Waals surface area contributed by atoms with Crippen LogP contribution in [0.25, 0.3) is 104 Å². The van der Waals surface area contributed by atoms with E-state index >= 15 is 0 Å². The Morgan fingerprint density at radius 2 is 0.982 bits per heavy atom. The van der Waals surface area contributed by atoms with Crippen LogP contribution in [0, 0.1) is 0 Å². The minimum absolute atomic E-state index is 1.00. The third-order valence-electron chi connectivity index (χ3n) is 12.0. The highest BCUT2D eigenvalue weighted by Crippen LogP contribution is 2.42. The van der Waals surface area contributed by atoms with Gasteiger partial charge in [-0.25, -0.2) is 0 Å². The molecule has 0 unspecified atom stereocenters. The van der Waals surface area contributed by atoms with Gasteiger partial charge in [0.05, 0.1) is 16.6 Å². The van der Waals surface area contributed by atoms with E-state index in [0.29, 0.717) is 0 Å². The second kappa shape index (κ2) is 12.8. The molecule has 0 spiro atoms. The second-order valence-electron chi connectivity index (χ2n) is 15.2. The number of nitrogens with zero attached hydrogens (tertiary/aromatic N) is 2. The monoisotopic (exact) mass is 744 g/mol. The van der Waals surface area contributed by atoms with E-state index in [0.717, 1.165) is 12.8 Å². The fourth-order valence-corrected chi connectivity index (χ4v) is 10.4. The van der Waals surface area contributed by atoms with E-state index in [-0.39, 0.29) is 0 Å². The molecule has 0 radical (unpaired) electrons. The molecule has 3 aromatic heterocycles. The Morgan fingerprint density at radius 1 is 0.368 bits per heavy atom. The van der Waals surface area contributed by atoms with Crippen molar-refractivity contribution in [2.24, 2.45) is 0 Å². The van der Waals surface area contributed by atoms with Gasteiger partial charge in [0.2, 0.25) is 0 Å². The van der Waals surface area contributed by atoms with Crippen molar-refractivity contribution in [2.75, 3.05) is 0 Å². The van der Waals surface area contributed by atoms with E-state index in [1.807, 2.05) is 11.3 Å². The lowest BCUT2D eigenvalue weighted by Gasteiger charge is -2.17. The third kappa shape index (κ3) is 5.16. The predicted molar refractivity (Wildman–Crippen MR) is 244 cm³/mol. The zero-order valence-corrected chi connectivity index (χ0v) is 32.0. The fourth-order valence-electron chi connectivity index (χ4n) is 9.31. The number of rotatable bonds is 5. The molecule has 0 fully saturated rings. The molecule has 12 rings (SSSR count). The Morgan fingerprint density at radius 3 is 1.74 bits per heavy atom. The van der Waals surface area contributed by atoms with Crippen LogP contribution in [0.1, 0.15) is 17.7 Å². The number of allylic oxidation sites excluding steroid dienone is 1. The summed E-state index contributed by atoms with van der Waals surface area (Å²) in [7, 11) is 0. The van der Waals surface area contributed by atoms with Crippen molar-refractivity contribution in [1.29, 1.82) is 0 Å². The lowest BCUT2D eigenvalue weighted by Crippen LogP contribution is -2.03. The Hall–Kier alpha value is -6.94. The summed E-state index contributed by atoms with van der Waals surface area (Å²) in [6.07, 6.45) is 6.73. The van der Waals surface area contributed by atoms with Crippen molar-refractivity contribution < 1.29 is 0 Å². The van der Waals surface area contributed by atoms with Gasteiger partial charge >= 0.3 is 0 Å². The van der Waals surface area contributed by atoms with Crippen molar-refractivity contribution in [3.63, 3.8) is 0 Å². The molecule has 3 heteroatoms. The van der Waals surface area contributed by atoms with Crippen molar-refractivity contribution in [3.05, 3.63) is 199 Å². The smallest absolute Gasteiger partial charge is 0.0541 e. The maximum Gasteiger partial charge on any atom is 0.0541 e. The first-order valence-corrected chi connectivity index (χ1v) is 20.6. The number of aromatic nitrogens is 2. The molecule has 0 amide bonds. The predicted octanol–water partition coefficient (Wildman–Crippen LogP) is 15.1. The summed E-state index contributed by atoms with van der Waals surface area (Å²) < 4.78 is 7.63. The van der Waals surface area contributed by atoms with E-state index in [9.17, 15) is 0 Å². The summed E-state index contributed by atoms with van der Waals surface area (Å²) in [6.45, 7) is 0. The highest BCUT2D eigenvalue weighted by Gasteiger charge is 2.21. The molecule has 0 saturated carbocycles. The molecule has 0 aliphatic heterocycles. The number of fused-ring (bicyclic) bond motifs is 9. The molecule has 2 nitrogen and oxygen atoms in total. The average Bonchev–Trinajstić information content (AvgIpc) is 3.94. The summed E-state index contributed by atoms with van der Waals surface area (Å²) in [5, 5.41) is 6.47. The fraction of sp³-hybridized carbons (Fsp3) is 0.0370. The highest BCUT2D eigenvalue weighted by atomic mass is 32.1. The molecule has 8 aromatic carbocycles. The Labute approximate surface area is 334 Å². The van der Waals surface area contributed by atoms with Crippen LogP contribution in [0.3, 0.4) is 0 Å². The molecule has 0 N–H and O–H groups in total. The van der Waals surface area contributed by atoms with Gasteiger partial charge in [0.1, 0.15) is 0 Å². The maximum absolute atomic E-state index is 2.53. The number of hydrogen-bond acceptors (Lipinski definition) is 1. The topological polar surface area (TPSA) is 9.86 Å². The number of para-hydroxylation sites is 1. The van der Waals surface area contributed by atoms with Crippen molar-refractivity contribution in [2.45, 2.75) is 12.8 Å². The molecule has 11 aromatic rings. The maximum atomic E-state index is 2.53. The average molecular weight is 745 g/mol. The normalized spacial score (nSPS) is 12.7. The van der Waals surface area contributed by atoms with Gasteiger partial charge in [-0.15, -0.1) is 11.3 Å². The molecule has 268 valence electrons. The lowest BCUT2D eigenvalue weighted by atomic mass is 9.97. The zero-order chi connectivity index (χ0) is 37.5. The molecule has 0 saturated heterocycles. The molecule has 1 aliphatic rings. The minimum Gasteiger partial charge on any atom is -0.313 e. The Kier molecular flexibility index (Phi) is 7.26. The minimum atomic E-state index is 1.00. The highest BCUT2D eigenvalue weighted by molar-refractivity contribution is 7.25. The van der Waals surface area contributed by atoms with Gasteiger partial charge in [0.15, 0.2) is 0 Å². The van der Waals surface area contributed by atoms with Crippen LogP contribution in [0.4, 0.5) is 0 Å². The first kappa shape index (κ1) is 32.3. The van der Waals surface area contributed by atoms with Gasteiger partial charge in [0, 0.05) is 59.0 Å². The van der Waals surface area contributed by atoms with Gasteiger partial charge in [-0.2, -0.15) is 0 Å². The quantitative estimate of drug-likeness (QED) is 0.166. The zero-order valence-electron chi connectivity index (χ0n) is 31.2. The van der Waals surface area contributed by atoms with E-state index in [1.54, 1.807) is 0 Å². The molecular formula is C54H36N2S. The van der Waals surface area contributed by atoms with Gasteiger partial charge in [-0.3, -0.25) is 0 Å². The SMILES string of the molecule is C1=Cc2c(n(-c3cc(-c4ccccc4)cc(-c4ccccc4)c3)c3ccc(-c4ccc5c(c4)c4ccccc4n5-c4ccc5sc6ccccc6c5c4)cc23)CC1. The van der Waals surface area contributed by atoms with Crippen molar-refractivity contribution >= 4 is 70.3 Å². The van der Waals surface area contributed by atoms with E-state index in [1.165, 1.54) is 109 Å². The van der Waals surface area contributed by atoms with Crippen LogP contribution in [-0.4, -0.2) is 9.13 Å². The van der Waals surface area contributed by atoms with Gasteiger partial charge < -0.3 is 9.13 Å². The van der Waals surface area contributed by atoms with Crippen LogP contribution in [-0.2, 0) is 6.42 Å². The first-order chi connectivity index (χ1) is 28.2.